The Balaban J connectivity index is 2.07. The molecule has 1 N–H and O–H groups in total. The summed E-state index contributed by atoms with van der Waals surface area (Å²) in [6, 6.07) is 0.522. The van der Waals surface area contributed by atoms with Crippen molar-refractivity contribution in [1.82, 2.24) is 5.32 Å². The van der Waals surface area contributed by atoms with Crippen LogP contribution < -0.4 is 5.32 Å². The number of esters is 1. The maximum atomic E-state index is 11.8. The van der Waals surface area contributed by atoms with E-state index in [-0.39, 0.29) is 11.9 Å². The van der Waals surface area contributed by atoms with Gasteiger partial charge in [0.25, 0.3) is 0 Å². The summed E-state index contributed by atoms with van der Waals surface area (Å²) in [7, 11) is 0. The fourth-order valence-corrected chi connectivity index (χ4v) is 3.06. The van der Waals surface area contributed by atoms with E-state index in [1.54, 1.807) is 0 Å². The van der Waals surface area contributed by atoms with Gasteiger partial charge < -0.3 is 10.1 Å². The maximum absolute atomic E-state index is 11.8. The molecule has 1 fully saturated rings. The zero-order valence-electron chi connectivity index (χ0n) is 13.5. The third kappa shape index (κ3) is 7.28. The monoisotopic (exact) mass is 283 g/mol. The Labute approximate surface area is 124 Å². The van der Waals surface area contributed by atoms with Gasteiger partial charge in [-0.25, -0.2) is 0 Å². The van der Waals surface area contributed by atoms with Gasteiger partial charge in [-0.15, -0.1) is 0 Å². The van der Waals surface area contributed by atoms with E-state index in [2.05, 4.69) is 12.2 Å². The van der Waals surface area contributed by atoms with Crippen molar-refractivity contribution in [1.29, 1.82) is 0 Å². The molecule has 1 saturated carbocycles. The van der Waals surface area contributed by atoms with Crippen molar-refractivity contribution in [3.63, 3.8) is 0 Å². The van der Waals surface area contributed by atoms with Crippen molar-refractivity contribution in [3.05, 3.63) is 0 Å². The first-order valence-electron chi connectivity index (χ1n) is 8.68. The normalized spacial score (nSPS) is 22.7. The van der Waals surface area contributed by atoms with Gasteiger partial charge in [0.1, 0.15) is 0 Å². The van der Waals surface area contributed by atoms with E-state index in [0.29, 0.717) is 12.6 Å². The number of hydrogen-bond donors (Lipinski definition) is 1. The molecule has 2 unspecified atom stereocenters. The molecule has 0 radical (unpaired) electrons. The van der Waals surface area contributed by atoms with Crippen molar-refractivity contribution in [2.24, 2.45) is 5.92 Å². The first-order chi connectivity index (χ1) is 9.77. The quantitative estimate of drug-likeness (QED) is 0.485. The Kier molecular flexibility index (Phi) is 9.73. The van der Waals surface area contributed by atoms with Crippen LogP contribution in [0.1, 0.15) is 78.1 Å². The molecule has 0 spiro atoms. The van der Waals surface area contributed by atoms with Gasteiger partial charge in [-0.2, -0.15) is 0 Å². The predicted octanol–water partition coefficient (Wildman–Crippen LogP) is 4.06. The second-order valence-electron chi connectivity index (χ2n) is 6.03. The van der Waals surface area contributed by atoms with Gasteiger partial charge in [-0.1, -0.05) is 45.4 Å². The molecule has 2 atom stereocenters. The van der Waals surface area contributed by atoms with E-state index in [1.165, 1.54) is 44.9 Å². The molecule has 0 aromatic heterocycles. The Morgan fingerprint density at radius 1 is 1.10 bits per heavy atom. The Hall–Kier alpha value is -0.570. The summed E-state index contributed by atoms with van der Waals surface area (Å²) in [6.07, 6.45) is 12.4. The zero-order valence-corrected chi connectivity index (χ0v) is 13.5. The minimum atomic E-state index is 0.0126. The summed E-state index contributed by atoms with van der Waals surface area (Å²) in [5, 5.41) is 3.63. The molecule has 0 aliphatic heterocycles. The number of nitrogens with one attached hydrogen (secondary N) is 1. The average molecular weight is 283 g/mol. The zero-order chi connectivity index (χ0) is 14.6. The maximum Gasteiger partial charge on any atom is 0.308 e. The van der Waals surface area contributed by atoms with E-state index >= 15 is 0 Å². The lowest BCUT2D eigenvalue weighted by molar-refractivity contribution is -0.149. The third-order valence-corrected chi connectivity index (χ3v) is 4.26. The highest BCUT2D eigenvalue weighted by atomic mass is 16.5. The van der Waals surface area contributed by atoms with Crippen molar-refractivity contribution in [2.45, 2.75) is 84.1 Å². The molecular formula is C17H33NO2. The summed E-state index contributed by atoms with van der Waals surface area (Å²) in [5.41, 5.74) is 0. The van der Waals surface area contributed by atoms with Gasteiger partial charge in [0.2, 0.25) is 0 Å². The molecule has 1 rings (SSSR count). The summed E-state index contributed by atoms with van der Waals surface area (Å²) in [6.45, 7) is 5.75. The minimum Gasteiger partial charge on any atom is -0.466 e. The molecule has 0 aromatic carbocycles. The SMILES string of the molecule is CCCCCCCCNC1CCCC(C(=O)OCC)C1. The highest BCUT2D eigenvalue weighted by molar-refractivity contribution is 5.72. The van der Waals surface area contributed by atoms with E-state index < -0.39 is 0 Å². The molecule has 0 heterocycles. The topological polar surface area (TPSA) is 38.3 Å². The average Bonchev–Trinajstić information content (AvgIpc) is 2.47. The van der Waals surface area contributed by atoms with Crippen LogP contribution >= 0.6 is 0 Å². The van der Waals surface area contributed by atoms with Crippen molar-refractivity contribution in [3.8, 4) is 0 Å². The van der Waals surface area contributed by atoms with Crippen LogP contribution in [0.5, 0.6) is 0 Å². The lowest BCUT2D eigenvalue weighted by Gasteiger charge is -2.28. The van der Waals surface area contributed by atoms with Gasteiger partial charge in [-0.3, -0.25) is 4.79 Å². The fraction of sp³-hybridized carbons (Fsp3) is 0.941. The minimum absolute atomic E-state index is 0.0126. The van der Waals surface area contributed by atoms with Crippen molar-refractivity contribution in [2.75, 3.05) is 13.2 Å². The molecule has 1 aliphatic rings. The largest absolute Gasteiger partial charge is 0.466 e. The smallest absolute Gasteiger partial charge is 0.308 e. The summed E-state index contributed by atoms with van der Waals surface area (Å²) >= 11 is 0. The summed E-state index contributed by atoms with van der Waals surface area (Å²) in [5.74, 6) is 0.143. The lowest BCUT2D eigenvalue weighted by atomic mass is 9.85. The van der Waals surface area contributed by atoms with Gasteiger partial charge in [0, 0.05) is 6.04 Å². The number of hydrogen-bond acceptors (Lipinski definition) is 3. The van der Waals surface area contributed by atoms with E-state index in [9.17, 15) is 4.79 Å². The standard InChI is InChI=1S/C17H33NO2/c1-3-5-6-7-8-9-13-18-16-12-10-11-15(14-16)17(19)20-4-2/h15-16,18H,3-14H2,1-2H3. The van der Waals surface area contributed by atoms with E-state index in [1.807, 2.05) is 6.92 Å². The first kappa shape index (κ1) is 17.5. The van der Waals surface area contributed by atoms with Crippen LogP contribution in [0.25, 0.3) is 0 Å². The molecular weight excluding hydrogens is 250 g/mol. The van der Waals surface area contributed by atoms with Gasteiger partial charge in [-0.05, 0) is 39.2 Å². The van der Waals surface area contributed by atoms with E-state index in [4.69, 9.17) is 4.74 Å². The summed E-state index contributed by atoms with van der Waals surface area (Å²) < 4.78 is 5.14. The van der Waals surface area contributed by atoms with Crippen molar-refractivity contribution < 1.29 is 9.53 Å². The molecule has 0 saturated heterocycles. The highest BCUT2D eigenvalue weighted by Crippen LogP contribution is 2.25. The summed E-state index contributed by atoms with van der Waals surface area (Å²) in [4.78, 5) is 11.8. The fourth-order valence-electron chi connectivity index (χ4n) is 3.06. The Morgan fingerprint density at radius 2 is 1.85 bits per heavy atom. The highest BCUT2D eigenvalue weighted by Gasteiger charge is 2.27. The van der Waals surface area contributed by atoms with Gasteiger partial charge in [0.05, 0.1) is 12.5 Å². The number of carbonyl (C=O) groups is 1. The Morgan fingerprint density at radius 3 is 2.60 bits per heavy atom. The van der Waals surface area contributed by atoms with Crippen molar-refractivity contribution >= 4 is 5.97 Å². The second-order valence-corrected chi connectivity index (χ2v) is 6.03. The Bertz CT molecular complexity index is 255. The second kappa shape index (κ2) is 11.1. The van der Waals surface area contributed by atoms with Gasteiger partial charge in [0.15, 0.2) is 0 Å². The van der Waals surface area contributed by atoms with Crippen LogP contribution in [0.2, 0.25) is 0 Å². The van der Waals surface area contributed by atoms with Crippen LogP contribution in [0.4, 0.5) is 0 Å². The van der Waals surface area contributed by atoms with Crippen LogP contribution in [0.15, 0.2) is 0 Å². The number of unbranched alkanes of at least 4 members (excludes halogenated alkanes) is 5. The third-order valence-electron chi connectivity index (χ3n) is 4.26. The number of ether oxygens (including phenoxy) is 1. The predicted molar refractivity (Wildman–Crippen MR) is 83.8 cm³/mol. The van der Waals surface area contributed by atoms with E-state index in [0.717, 1.165) is 25.8 Å². The molecule has 0 amide bonds. The van der Waals surface area contributed by atoms with Crippen LogP contribution in [-0.4, -0.2) is 25.2 Å². The number of rotatable bonds is 10. The lowest BCUT2D eigenvalue weighted by Crippen LogP contribution is -2.37. The molecule has 3 heteroatoms. The van der Waals surface area contributed by atoms with Gasteiger partial charge >= 0.3 is 5.97 Å². The molecule has 118 valence electrons. The molecule has 1 aliphatic carbocycles. The molecule has 3 nitrogen and oxygen atoms in total. The molecule has 20 heavy (non-hydrogen) atoms. The van der Waals surface area contributed by atoms with Crippen LogP contribution in [0, 0.1) is 5.92 Å². The van der Waals surface area contributed by atoms with Crippen LogP contribution in [0.3, 0.4) is 0 Å². The molecule has 0 aromatic rings. The molecule has 0 bridgehead atoms. The first-order valence-corrected chi connectivity index (χ1v) is 8.68. The van der Waals surface area contributed by atoms with Crippen LogP contribution in [-0.2, 0) is 9.53 Å². The number of carbonyl (C=O) groups excluding carboxylic acids is 1.